The molecule has 2 aliphatic heterocycles. The first-order valence-corrected chi connectivity index (χ1v) is 10.8. The number of amides is 1. The maximum Gasteiger partial charge on any atom is 0.228 e. The van der Waals surface area contributed by atoms with Crippen LogP contribution in [0.15, 0.2) is 24.3 Å². The minimum absolute atomic E-state index is 0.0735. The smallest absolute Gasteiger partial charge is 0.228 e. The van der Waals surface area contributed by atoms with Crippen molar-refractivity contribution in [2.45, 2.75) is 39.7 Å². The first-order chi connectivity index (χ1) is 13.6. The predicted molar refractivity (Wildman–Crippen MR) is 111 cm³/mol. The van der Waals surface area contributed by atoms with E-state index in [9.17, 15) is 4.79 Å². The van der Waals surface area contributed by atoms with Crippen LogP contribution in [0.1, 0.15) is 38.7 Å². The van der Waals surface area contributed by atoms with Crippen molar-refractivity contribution in [1.29, 1.82) is 0 Å². The molecule has 1 atom stereocenters. The van der Waals surface area contributed by atoms with E-state index in [1.807, 2.05) is 12.1 Å². The van der Waals surface area contributed by atoms with E-state index in [0.717, 1.165) is 64.3 Å². The molecule has 5 nitrogen and oxygen atoms in total. The normalized spacial score (nSPS) is 21.2. The fraction of sp³-hybridized carbons (Fsp3) is 0.696. The fourth-order valence-corrected chi connectivity index (χ4v) is 4.40. The van der Waals surface area contributed by atoms with E-state index in [0.29, 0.717) is 24.3 Å². The lowest BCUT2D eigenvalue weighted by Crippen LogP contribution is -2.44. The van der Waals surface area contributed by atoms with Gasteiger partial charge >= 0.3 is 0 Å². The third-order valence-corrected chi connectivity index (χ3v) is 5.95. The van der Waals surface area contributed by atoms with Crippen molar-refractivity contribution in [3.63, 3.8) is 0 Å². The van der Waals surface area contributed by atoms with Gasteiger partial charge in [0, 0.05) is 31.8 Å². The number of hydrogen-bond acceptors (Lipinski definition) is 4. The summed E-state index contributed by atoms with van der Waals surface area (Å²) in [7, 11) is 1.74. The second-order valence-corrected chi connectivity index (χ2v) is 8.73. The molecule has 0 aliphatic carbocycles. The Labute approximate surface area is 170 Å². The molecule has 0 radical (unpaired) electrons. The Morgan fingerprint density at radius 2 is 2.00 bits per heavy atom. The van der Waals surface area contributed by atoms with Gasteiger partial charge in [0.05, 0.1) is 19.6 Å². The topological polar surface area (TPSA) is 42.0 Å². The molecule has 3 rings (SSSR count). The van der Waals surface area contributed by atoms with E-state index in [2.05, 4.69) is 35.8 Å². The van der Waals surface area contributed by atoms with Crippen LogP contribution in [-0.4, -0.2) is 62.2 Å². The van der Waals surface area contributed by atoms with Gasteiger partial charge in [-0.2, -0.15) is 0 Å². The number of hydrogen-bond donors (Lipinski definition) is 0. The van der Waals surface area contributed by atoms with Crippen LogP contribution >= 0.6 is 0 Å². The summed E-state index contributed by atoms with van der Waals surface area (Å²) in [6.07, 6.45) is 3.18. The van der Waals surface area contributed by atoms with Crippen molar-refractivity contribution < 1.29 is 14.3 Å². The van der Waals surface area contributed by atoms with Crippen LogP contribution in [0, 0.1) is 17.8 Å². The summed E-state index contributed by atoms with van der Waals surface area (Å²) in [5, 5.41) is 0. The fourth-order valence-electron chi connectivity index (χ4n) is 4.40. The minimum Gasteiger partial charge on any atom is -0.496 e. The maximum atomic E-state index is 13.0. The second-order valence-electron chi connectivity index (χ2n) is 8.73. The van der Waals surface area contributed by atoms with Crippen LogP contribution in [0.5, 0.6) is 5.75 Å². The van der Waals surface area contributed by atoms with Crippen LogP contribution in [0.4, 0.5) is 0 Å². The molecule has 28 heavy (non-hydrogen) atoms. The van der Waals surface area contributed by atoms with Gasteiger partial charge in [-0.15, -0.1) is 0 Å². The number of carbonyl (C=O) groups excluding carboxylic acids is 1. The molecule has 156 valence electrons. The van der Waals surface area contributed by atoms with Crippen molar-refractivity contribution in [1.82, 2.24) is 9.80 Å². The number of methoxy groups -OCH3 is 1. The predicted octanol–water partition coefficient (Wildman–Crippen LogP) is 3.43. The largest absolute Gasteiger partial charge is 0.496 e. The number of ether oxygens (including phenoxy) is 2. The van der Waals surface area contributed by atoms with Crippen molar-refractivity contribution in [3.8, 4) is 5.75 Å². The third-order valence-electron chi connectivity index (χ3n) is 5.95. The molecule has 0 bridgehead atoms. The summed E-state index contributed by atoms with van der Waals surface area (Å²) in [5.41, 5.74) is 1.25. The first kappa shape index (κ1) is 21.1. The first-order valence-electron chi connectivity index (χ1n) is 10.8. The number of likely N-dealkylation sites (tertiary alicyclic amines) is 1. The molecule has 1 amide bonds. The van der Waals surface area contributed by atoms with Crippen molar-refractivity contribution in [2.24, 2.45) is 17.8 Å². The van der Waals surface area contributed by atoms with Gasteiger partial charge in [-0.05, 0) is 50.3 Å². The molecule has 0 saturated carbocycles. The molecule has 2 heterocycles. The molecule has 0 spiro atoms. The van der Waals surface area contributed by atoms with E-state index in [4.69, 9.17) is 9.47 Å². The molecule has 0 aromatic heterocycles. The van der Waals surface area contributed by atoms with Gasteiger partial charge in [0.1, 0.15) is 5.75 Å². The zero-order chi connectivity index (χ0) is 19.9. The standard InChI is InChI=1S/C23H36N2O3/c1-18(2)14-25(23(26)21-10-13-28-17-21)15-19-8-11-24(12-9-19)16-20-6-4-5-7-22(20)27-3/h4-7,18-19,21H,8-17H2,1-3H3/t21-/m0/s1. The lowest BCUT2D eigenvalue weighted by Gasteiger charge is -2.36. The molecule has 5 heteroatoms. The summed E-state index contributed by atoms with van der Waals surface area (Å²) in [6, 6.07) is 8.28. The highest BCUT2D eigenvalue weighted by Gasteiger charge is 2.30. The van der Waals surface area contributed by atoms with E-state index >= 15 is 0 Å². The van der Waals surface area contributed by atoms with Gasteiger partial charge in [0.25, 0.3) is 0 Å². The van der Waals surface area contributed by atoms with E-state index in [1.54, 1.807) is 7.11 Å². The van der Waals surface area contributed by atoms with Gasteiger partial charge < -0.3 is 14.4 Å². The zero-order valence-electron chi connectivity index (χ0n) is 17.7. The van der Waals surface area contributed by atoms with Crippen molar-refractivity contribution >= 4 is 5.91 Å². The highest BCUT2D eigenvalue weighted by molar-refractivity contribution is 5.79. The van der Waals surface area contributed by atoms with Gasteiger partial charge in [-0.25, -0.2) is 0 Å². The van der Waals surface area contributed by atoms with Crippen LogP contribution in [0.2, 0.25) is 0 Å². The molecular formula is C23H36N2O3. The Hall–Kier alpha value is -1.59. The van der Waals surface area contributed by atoms with E-state index in [-0.39, 0.29) is 5.92 Å². The highest BCUT2D eigenvalue weighted by atomic mass is 16.5. The monoisotopic (exact) mass is 388 g/mol. The van der Waals surface area contributed by atoms with E-state index in [1.165, 1.54) is 5.56 Å². The molecule has 1 aromatic carbocycles. The van der Waals surface area contributed by atoms with Crippen molar-refractivity contribution in [3.05, 3.63) is 29.8 Å². The minimum atomic E-state index is 0.0735. The Bertz CT molecular complexity index is 620. The third kappa shape index (κ3) is 5.71. The highest BCUT2D eigenvalue weighted by Crippen LogP contribution is 2.25. The lowest BCUT2D eigenvalue weighted by molar-refractivity contribution is -0.137. The quantitative estimate of drug-likeness (QED) is 0.684. The number of nitrogens with zero attached hydrogens (tertiary/aromatic N) is 2. The van der Waals surface area contributed by atoms with Crippen LogP contribution in [0.3, 0.4) is 0 Å². The Morgan fingerprint density at radius 3 is 2.64 bits per heavy atom. The van der Waals surface area contributed by atoms with Crippen molar-refractivity contribution in [2.75, 3.05) is 46.5 Å². The summed E-state index contributed by atoms with van der Waals surface area (Å²) in [4.78, 5) is 17.6. The average molecular weight is 389 g/mol. The number of piperidine rings is 1. The van der Waals surface area contributed by atoms with Crippen LogP contribution < -0.4 is 4.74 Å². The summed E-state index contributed by atoms with van der Waals surface area (Å²) >= 11 is 0. The van der Waals surface area contributed by atoms with Gasteiger partial charge in [0.2, 0.25) is 5.91 Å². The molecule has 1 aromatic rings. The number of carbonyl (C=O) groups is 1. The molecule has 2 fully saturated rings. The van der Waals surface area contributed by atoms with Gasteiger partial charge in [-0.3, -0.25) is 9.69 Å². The molecule has 0 N–H and O–H groups in total. The number of rotatable bonds is 8. The molecular weight excluding hydrogens is 352 g/mol. The maximum absolute atomic E-state index is 13.0. The lowest BCUT2D eigenvalue weighted by atomic mass is 9.94. The van der Waals surface area contributed by atoms with Crippen LogP contribution in [-0.2, 0) is 16.1 Å². The molecule has 0 unspecified atom stereocenters. The number of para-hydroxylation sites is 1. The van der Waals surface area contributed by atoms with Gasteiger partial charge in [0.15, 0.2) is 0 Å². The SMILES string of the molecule is COc1ccccc1CN1CCC(CN(CC(C)C)C(=O)[C@H]2CCOC2)CC1. The summed E-state index contributed by atoms with van der Waals surface area (Å²) < 4.78 is 10.9. The molecule has 2 saturated heterocycles. The zero-order valence-corrected chi connectivity index (χ0v) is 17.7. The number of benzene rings is 1. The summed E-state index contributed by atoms with van der Waals surface area (Å²) in [5.74, 6) is 2.44. The Morgan fingerprint density at radius 1 is 1.25 bits per heavy atom. The Balaban J connectivity index is 1.51. The summed E-state index contributed by atoms with van der Waals surface area (Å²) in [6.45, 7) is 10.6. The second kappa shape index (κ2) is 10.3. The Kier molecular flexibility index (Phi) is 7.74. The average Bonchev–Trinajstić information content (AvgIpc) is 3.23. The molecule has 2 aliphatic rings. The van der Waals surface area contributed by atoms with E-state index < -0.39 is 0 Å². The van der Waals surface area contributed by atoms with Crippen LogP contribution in [0.25, 0.3) is 0 Å². The van der Waals surface area contributed by atoms with Gasteiger partial charge in [-0.1, -0.05) is 32.0 Å².